The van der Waals surface area contributed by atoms with Crippen LogP contribution in [0.5, 0.6) is 0 Å². The molecule has 1 aliphatic heterocycles. The fraction of sp³-hybridized carbons (Fsp3) is 0.667. The van der Waals surface area contributed by atoms with Crippen LogP contribution in [0.3, 0.4) is 0 Å². The van der Waals surface area contributed by atoms with Gasteiger partial charge in [0.05, 0.1) is 19.3 Å². The molecule has 0 bridgehead atoms. The van der Waals surface area contributed by atoms with Crippen LogP contribution in [0.2, 0.25) is 0 Å². The Bertz CT molecular complexity index is 396. The van der Waals surface area contributed by atoms with Crippen molar-refractivity contribution in [1.82, 2.24) is 15.1 Å². The molecule has 0 aliphatic carbocycles. The van der Waals surface area contributed by atoms with Crippen molar-refractivity contribution in [3.8, 4) is 0 Å². The van der Waals surface area contributed by atoms with Crippen LogP contribution < -0.4 is 5.32 Å². The summed E-state index contributed by atoms with van der Waals surface area (Å²) in [6.45, 7) is 1.00. The minimum Gasteiger partial charge on any atom is -0.388 e. The molecule has 0 saturated carbocycles. The molecule has 3 N–H and O–H groups in total. The predicted molar refractivity (Wildman–Crippen MR) is 66.2 cm³/mol. The summed E-state index contributed by atoms with van der Waals surface area (Å²) in [4.78, 5) is 11.7. The van der Waals surface area contributed by atoms with Gasteiger partial charge in [0.2, 0.25) is 5.91 Å². The predicted octanol–water partition coefficient (Wildman–Crippen LogP) is -1.10. The summed E-state index contributed by atoms with van der Waals surface area (Å²) in [5.74, 6) is -0.158. The van der Waals surface area contributed by atoms with Crippen LogP contribution in [0.1, 0.15) is 12.8 Å². The molecule has 106 valence electrons. The molecule has 7 heteroatoms. The largest absolute Gasteiger partial charge is 0.388 e. The number of aliphatic hydroxyl groups excluding tert-OH is 2. The monoisotopic (exact) mass is 269 g/mol. The second kappa shape index (κ2) is 6.65. The van der Waals surface area contributed by atoms with E-state index in [0.717, 1.165) is 0 Å². The van der Waals surface area contributed by atoms with Crippen LogP contribution in [-0.4, -0.2) is 57.4 Å². The lowest BCUT2D eigenvalue weighted by atomic mass is 10.0. The van der Waals surface area contributed by atoms with Gasteiger partial charge in [-0.05, 0) is 12.5 Å². The summed E-state index contributed by atoms with van der Waals surface area (Å²) in [7, 11) is 0. The lowest BCUT2D eigenvalue weighted by molar-refractivity contribution is -0.131. The summed E-state index contributed by atoms with van der Waals surface area (Å²) >= 11 is 0. The summed E-state index contributed by atoms with van der Waals surface area (Å²) in [6.07, 6.45) is 2.63. The Morgan fingerprint density at radius 3 is 3.05 bits per heavy atom. The van der Waals surface area contributed by atoms with E-state index >= 15 is 0 Å². The van der Waals surface area contributed by atoms with Crippen molar-refractivity contribution in [2.24, 2.45) is 0 Å². The zero-order chi connectivity index (χ0) is 13.7. The molecular formula is C12H19N3O4. The van der Waals surface area contributed by atoms with Crippen molar-refractivity contribution in [3.05, 3.63) is 18.5 Å². The third-order valence-corrected chi connectivity index (χ3v) is 3.09. The van der Waals surface area contributed by atoms with E-state index in [1.165, 1.54) is 0 Å². The second-order valence-electron chi connectivity index (χ2n) is 4.64. The van der Waals surface area contributed by atoms with Gasteiger partial charge in [0.1, 0.15) is 12.2 Å². The molecule has 1 aliphatic rings. The quantitative estimate of drug-likeness (QED) is 0.630. The fourth-order valence-corrected chi connectivity index (χ4v) is 2.02. The first-order valence-electron chi connectivity index (χ1n) is 6.37. The number of carbonyl (C=O) groups is 1. The number of rotatable bonds is 5. The molecule has 2 rings (SSSR count). The van der Waals surface area contributed by atoms with E-state index in [2.05, 4.69) is 10.4 Å². The number of ether oxygens (including phenoxy) is 1. The van der Waals surface area contributed by atoms with Gasteiger partial charge >= 0.3 is 0 Å². The Morgan fingerprint density at radius 2 is 2.32 bits per heavy atom. The van der Waals surface area contributed by atoms with E-state index in [1.807, 2.05) is 12.3 Å². The van der Waals surface area contributed by atoms with Crippen molar-refractivity contribution in [2.45, 2.75) is 37.6 Å². The number of carbonyl (C=O) groups excluding carboxylic acids is 1. The first-order valence-corrected chi connectivity index (χ1v) is 6.37. The van der Waals surface area contributed by atoms with Crippen LogP contribution in [0.15, 0.2) is 18.5 Å². The fourth-order valence-electron chi connectivity index (χ4n) is 2.02. The Labute approximate surface area is 111 Å². The van der Waals surface area contributed by atoms with E-state index in [0.29, 0.717) is 19.4 Å². The first kappa shape index (κ1) is 14.0. The smallest absolute Gasteiger partial charge is 0.220 e. The van der Waals surface area contributed by atoms with Gasteiger partial charge in [-0.25, -0.2) is 0 Å². The molecule has 19 heavy (non-hydrogen) atoms. The number of amides is 1. The van der Waals surface area contributed by atoms with Crippen LogP contribution >= 0.6 is 0 Å². The van der Waals surface area contributed by atoms with Gasteiger partial charge in [-0.1, -0.05) is 0 Å². The number of hydrogen-bond donors (Lipinski definition) is 3. The van der Waals surface area contributed by atoms with Crippen molar-refractivity contribution < 1.29 is 19.7 Å². The molecule has 0 unspecified atom stereocenters. The number of hydrogen-bond acceptors (Lipinski definition) is 5. The molecule has 0 radical (unpaired) electrons. The summed E-state index contributed by atoms with van der Waals surface area (Å²) in [6, 6.07) is 1.29. The van der Waals surface area contributed by atoms with Gasteiger partial charge < -0.3 is 20.3 Å². The molecule has 7 nitrogen and oxygen atoms in total. The lowest BCUT2D eigenvalue weighted by Gasteiger charge is -2.32. The molecule has 2 heterocycles. The standard InChI is InChI=1S/C12H19N3O4/c16-10-8-19-7-9(12(10)18)14-11(17)3-1-5-15-6-2-4-13-15/h2,4,6,9-10,12,16,18H,1,3,5,7-8H2,(H,14,17)/t9-,10-,12+/m1/s1. The van der Waals surface area contributed by atoms with Gasteiger partial charge in [0.15, 0.2) is 0 Å². The molecule has 1 saturated heterocycles. The maximum absolute atomic E-state index is 11.7. The average molecular weight is 269 g/mol. The van der Waals surface area contributed by atoms with Gasteiger partial charge in [-0.2, -0.15) is 5.10 Å². The molecule has 0 aromatic carbocycles. The van der Waals surface area contributed by atoms with Crippen molar-refractivity contribution in [2.75, 3.05) is 13.2 Å². The minimum absolute atomic E-state index is 0.104. The lowest BCUT2D eigenvalue weighted by Crippen LogP contribution is -2.55. The molecule has 3 atom stereocenters. The highest BCUT2D eigenvalue weighted by molar-refractivity contribution is 5.76. The highest BCUT2D eigenvalue weighted by Crippen LogP contribution is 2.09. The summed E-state index contributed by atoms with van der Waals surface area (Å²) in [5, 5.41) is 25.8. The van der Waals surface area contributed by atoms with E-state index in [9.17, 15) is 15.0 Å². The van der Waals surface area contributed by atoms with Crippen molar-refractivity contribution >= 4 is 5.91 Å². The van der Waals surface area contributed by atoms with E-state index in [1.54, 1.807) is 10.9 Å². The molecule has 0 spiro atoms. The molecule has 1 fully saturated rings. The maximum Gasteiger partial charge on any atom is 0.220 e. The molecular weight excluding hydrogens is 250 g/mol. The van der Waals surface area contributed by atoms with Crippen molar-refractivity contribution in [1.29, 1.82) is 0 Å². The topological polar surface area (TPSA) is 96.6 Å². The zero-order valence-corrected chi connectivity index (χ0v) is 10.6. The van der Waals surface area contributed by atoms with E-state index < -0.39 is 18.2 Å². The second-order valence-corrected chi connectivity index (χ2v) is 4.64. The third-order valence-electron chi connectivity index (χ3n) is 3.09. The molecule has 1 amide bonds. The first-order chi connectivity index (χ1) is 9.16. The van der Waals surface area contributed by atoms with Gasteiger partial charge in [-0.3, -0.25) is 9.48 Å². The van der Waals surface area contributed by atoms with Gasteiger partial charge in [0, 0.05) is 25.4 Å². The van der Waals surface area contributed by atoms with Crippen LogP contribution in [0.4, 0.5) is 0 Å². The van der Waals surface area contributed by atoms with Crippen LogP contribution in [0.25, 0.3) is 0 Å². The third kappa shape index (κ3) is 4.02. The summed E-state index contributed by atoms with van der Waals surface area (Å²) in [5.41, 5.74) is 0. The maximum atomic E-state index is 11.7. The SMILES string of the molecule is O=C(CCCn1cccn1)N[C@@H]1COC[C@@H](O)[C@H]1O. The Kier molecular flexibility index (Phi) is 4.89. The Balaban J connectivity index is 1.69. The molecule has 1 aromatic rings. The average Bonchev–Trinajstić information content (AvgIpc) is 2.88. The van der Waals surface area contributed by atoms with Crippen LogP contribution in [0, 0.1) is 0 Å². The van der Waals surface area contributed by atoms with Crippen molar-refractivity contribution in [3.63, 3.8) is 0 Å². The summed E-state index contributed by atoms with van der Waals surface area (Å²) < 4.78 is 6.85. The highest BCUT2D eigenvalue weighted by Gasteiger charge is 2.32. The van der Waals surface area contributed by atoms with E-state index in [4.69, 9.17) is 4.74 Å². The Hall–Kier alpha value is -1.44. The number of aliphatic hydroxyl groups is 2. The Morgan fingerprint density at radius 1 is 1.47 bits per heavy atom. The minimum atomic E-state index is -0.969. The highest BCUT2D eigenvalue weighted by atomic mass is 16.5. The van der Waals surface area contributed by atoms with Gasteiger partial charge in [-0.15, -0.1) is 0 Å². The zero-order valence-electron chi connectivity index (χ0n) is 10.6. The number of nitrogens with one attached hydrogen (secondary N) is 1. The number of aromatic nitrogens is 2. The number of aryl methyl sites for hydroxylation is 1. The number of nitrogens with zero attached hydrogens (tertiary/aromatic N) is 2. The van der Waals surface area contributed by atoms with Crippen LogP contribution in [-0.2, 0) is 16.1 Å². The molecule has 1 aromatic heterocycles. The van der Waals surface area contributed by atoms with Gasteiger partial charge in [0.25, 0.3) is 0 Å². The van der Waals surface area contributed by atoms with E-state index in [-0.39, 0.29) is 19.1 Å². The normalized spacial score (nSPS) is 27.2.